The van der Waals surface area contributed by atoms with Crippen molar-refractivity contribution in [3.8, 4) is 0 Å². The van der Waals surface area contributed by atoms with Gasteiger partial charge in [0, 0.05) is 18.9 Å². The summed E-state index contributed by atoms with van der Waals surface area (Å²) in [4.78, 5) is 13.1. The first kappa shape index (κ1) is 23.3. The number of carbonyl (C=O) groups excluding carboxylic acids is 1. The second-order valence-corrected chi connectivity index (χ2v) is 8.87. The molecule has 0 spiro atoms. The van der Waals surface area contributed by atoms with Gasteiger partial charge in [0.2, 0.25) is 0 Å². The zero-order valence-electron chi connectivity index (χ0n) is 19.4. The first-order valence-electron chi connectivity index (χ1n) is 10.8. The lowest BCUT2D eigenvalue weighted by Gasteiger charge is -2.35. The van der Waals surface area contributed by atoms with E-state index in [4.69, 9.17) is 14.0 Å². The molecule has 0 aromatic carbocycles. The van der Waals surface area contributed by atoms with E-state index in [1.54, 1.807) is 17.1 Å². The fourth-order valence-corrected chi connectivity index (χ4v) is 3.98. The van der Waals surface area contributed by atoms with E-state index in [1.165, 1.54) is 0 Å². The van der Waals surface area contributed by atoms with Gasteiger partial charge in [-0.15, -0.1) is 5.10 Å². The van der Waals surface area contributed by atoms with Crippen LogP contribution in [-0.4, -0.2) is 64.4 Å². The molecule has 0 N–H and O–H groups in total. The number of nitrogens with zero attached hydrogens (tertiary/aromatic N) is 4. The van der Waals surface area contributed by atoms with Gasteiger partial charge in [0.05, 0.1) is 30.5 Å². The van der Waals surface area contributed by atoms with E-state index < -0.39 is 0 Å². The average Bonchev–Trinajstić information content (AvgIpc) is 3.23. The van der Waals surface area contributed by atoms with Crippen LogP contribution in [0.1, 0.15) is 47.5 Å². The Kier molecular flexibility index (Phi) is 7.06. The SMILES string of the molecule is CCC1(C)OB(C2=CCC=C(N(C)CC(Cn3ccnn3)OC=O)C=C2C)OC1(C)C. The van der Waals surface area contributed by atoms with Gasteiger partial charge in [-0.2, -0.15) is 0 Å². The Morgan fingerprint density at radius 3 is 2.74 bits per heavy atom. The van der Waals surface area contributed by atoms with Gasteiger partial charge in [0.15, 0.2) is 0 Å². The summed E-state index contributed by atoms with van der Waals surface area (Å²) in [6.45, 7) is 12.0. The molecule has 0 radical (unpaired) electrons. The Morgan fingerprint density at radius 2 is 2.13 bits per heavy atom. The van der Waals surface area contributed by atoms with Gasteiger partial charge >= 0.3 is 7.12 Å². The molecule has 0 bridgehead atoms. The fraction of sp³-hybridized carbons (Fsp3) is 0.591. The van der Waals surface area contributed by atoms with Crippen molar-refractivity contribution >= 4 is 13.6 Å². The molecule has 2 aliphatic rings. The van der Waals surface area contributed by atoms with Gasteiger partial charge < -0.3 is 18.9 Å². The Hall–Kier alpha value is -2.39. The predicted octanol–water partition coefficient (Wildman–Crippen LogP) is 2.93. The molecule has 1 saturated heterocycles. The van der Waals surface area contributed by atoms with E-state index in [-0.39, 0.29) is 24.4 Å². The highest BCUT2D eigenvalue weighted by Gasteiger charge is 2.54. The molecule has 3 rings (SSSR count). The van der Waals surface area contributed by atoms with Gasteiger partial charge in [-0.05, 0) is 57.7 Å². The number of hydrogen-bond donors (Lipinski definition) is 0. The van der Waals surface area contributed by atoms with E-state index in [0.717, 1.165) is 29.6 Å². The van der Waals surface area contributed by atoms with Crippen molar-refractivity contribution in [1.82, 2.24) is 19.9 Å². The van der Waals surface area contributed by atoms with Crippen LogP contribution in [0.25, 0.3) is 0 Å². The summed E-state index contributed by atoms with van der Waals surface area (Å²) in [5.74, 6) is 0. The van der Waals surface area contributed by atoms with Crippen LogP contribution in [0.2, 0.25) is 0 Å². The van der Waals surface area contributed by atoms with Crippen molar-refractivity contribution in [3.05, 3.63) is 47.4 Å². The molecule has 1 aromatic rings. The quantitative estimate of drug-likeness (QED) is 0.442. The molecular formula is C22H33BN4O4. The maximum atomic E-state index is 11.0. The third-order valence-electron chi connectivity index (χ3n) is 6.48. The molecule has 1 aliphatic carbocycles. The Balaban J connectivity index is 1.70. The summed E-state index contributed by atoms with van der Waals surface area (Å²) < 4.78 is 19.7. The maximum absolute atomic E-state index is 11.0. The number of aromatic nitrogens is 3. The first-order valence-corrected chi connectivity index (χ1v) is 10.8. The molecule has 0 saturated carbocycles. The number of ether oxygens (including phenoxy) is 1. The molecule has 1 aliphatic heterocycles. The van der Waals surface area contributed by atoms with Gasteiger partial charge in [0.1, 0.15) is 6.10 Å². The smallest absolute Gasteiger partial charge is 0.461 e. The minimum atomic E-state index is -0.382. The maximum Gasteiger partial charge on any atom is 0.494 e. The molecule has 1 aromatic heterocycles. The van der Waals surface area contributed by atoms with Crippen molar-refractivity contribution in [1.29, 1.82) is 0 Å². The van der Waals surface area contributed by atoms with Crippen LogP contribution in [0.5, 0.6) is 0 Å². The highest BCUT2D eigenvalue weighted by atomic mass is 16.7. The van der Waals surface area contributed by atoms with Gasteiger partial charge in [-0.1, -0.05) is 24.3 Å². The van der Waals surface area contributed by atoms with Crippen molar-refractivity contribution in [2.45, 2.75) is 71.3 Å². The van der Waals surface area contributed by atoms with Crippen LogP contribution in [0.15, 0.2) is 47.4 Å². The minimum absolute atomic E-state index is 0.334. The van der Waals surface area contributed by atoms with Crippen LogP contribution < -0.4 is 0 Å². The summed E-state index contributed by atoms with van der Waals surface area (Å²) in [5.41, 5.74) is 2.51. The zero-order valence-corrected chi connectivity index (χ0v) is 19.4. The second kappa shape index (κ2) is 9.40. The zero-order chi connectivity index (χ0) is 22.6. The topological polar surface area (TPSA) is 78.7 Å². The van der Waals surface area contributed by atoms with Crippen LogP contribution in [-0.2, 0) is 25.4 Å². The van der Waals surface area contributed by atoms with Gasteiger partial charge in [-0.3, -0.25) is 4.79 Å². The van der Waals surface area contributed by atoms with Crippen LogP contribution in [0.4, 0.5) is 0 Å². The predicted molar refractivity (Wildman–Crippen MR) is 119 cm³/mol. The van der Waals surface area contributed by atoms with Crippen LogP contribution in [0, 0.1) is 0 Å². The number of likely N-dealkylation sites (N-methyl/N-ethyl adjacent to an activating group) is 1. The van der Waals surface area contributed by atoms with E-state index in [9.17, 15) is 4.79 Å². The monoisotopic (exact) mass is 428 g/mol. The Labute approximate surface area is 185 Å². The van der Waals surface area contributed by atoms with E-state index in [2.05, 4.69) is 68.1 Å². The molecule has 0 amide bonds. The summed E-state index contributed by atoms with van der Waals surface area (Å²) in [5, 5.41) is 7.76. The average molecular weight is 428 g/mol. The van der Waals surface area contributed by atoms with E-state index in [0.29, 0.717) is 19.6 Å². The lowest BCUT2D eigenvalue weighted by atomic mass is 9.73. The molecule has 2 heterocycles. The number of carbonyl (C=O) groups is 1. The lowest BCUT2D eigenvalue weighted by Crippen LogP contribution is -2.44. The van der Waals surface area contributed by atoms with Crippen molar-refractivity contribution < 1.29 is 18.8 Å². The molecular weight excluding hydrogens is 395 g/mol. The third kappa shape index (κ3) is 5.10. The molecule has 31 heavy (non-hydrogen) atoms. The summed E-state index contributed by atoms with van der Waals surface area (Å²) >= 11 is 0. The van der Waals surface area contributed by atoms with Crippen LogP contribution in [0.3, 0.4) is 0 Å². The molecule has 2 atom stereocenters. The molecule has 9 heteroatoms. The Morgan fingerprint density at radius 1 is 1.35 bits per heavy atom. The van der Waals surface area contributed by atoms with Crippen molar-refractivity contribution in [3.63, 3.8) is 0 Å². The highest BCUT2D eigenvalue weighted by Crippen LogP contribution is 2.42. The minimum Gasteiger partial charge on any atom is -0.461 e. The second-order valence-electron chi connectivity index (χ2n) is 8.87. The van der Waals surface area contributed by atoms with Crippen molar-refractivity contribution in [2.75, 3.05) is 13.6 Å². The molecule has 8 nitrogen and oxygen atoms in total. The molecule has 2 unspecified atom stereocenters. The van der Waals surface area contributed by atoms with E-state index in [1.807, 2.05) is 7.05 Å². The summed E-state index contributed by atoms with van der Waals surface area (Å²) in [6.07, 6.45) is 11.1. The number of hydrogen-bond acceptors (Lipinski definition) is 7. The van der Waals surface area contributed by atoms with Gasteiger partial charge in [0.25, 0.3) is 6.47 Å². The lowest BCUT2D eigenvalue weighted by molar-refractivity contribution is -0.134. The normalized spacial score (nSPS) is 24.1. The van der Waals surface area contributed by atoms with Crippen molar-refractivity contribution in [2.24, 2.45) is 0 Å². The summed E-state index contributed by atoms with van der Waals surface area (Å²) in [7, 11) is 1.61. The van der Waals surface area contributed by atoms with E-state index >= 15 is 0 Å². The fourth-order valence-electron chi connectivity index (χ4n) is 3.98. The molecule has 168 valence electrons. The number of allylic oxidation sites excluding steroid dienone is 5. The standard InChI is InChI=1S/C22H33BN4O4/c1-7-22(5)21(3,4)30-23(31-22)20-10-8-9-18(13-17(20)2)26(6)14-19(29-16-28)15-27-12-11-24-25-27/h9-13,16,19H,7-8,14-15H2,1-6H3. The highest BCUT2D eigenvalue weighted by molar-refractivity contribution is 6.56. The third-order valence-corrected chi connectivity index (χ3v) is 6.48. The Bertz CT molecular complexity index is 865. The number of rotatable bonds is 9. The molecule has 1 fully saturated rings. The first-order chi connectivity index (χ1) is 14.7. The largest absolute Gasteiger partial charge is 0.494 e. The van der Waals surface area contributed by atoms with Crippen LogP contribution >= 0.6 is 0 Å². The van der Waals surface area contributed by atoms with Gasteiger partial charge in [-0.25, -0.2) is 4.68 Å². The summed E-state index contributed by atoms with van der Waals surface area (Å²) in [6, 6.07) is 0.